The van der Waals surface area contributed by atoms with Gasteiger partial charge in [0, 0.05) is 24.5 Å². The summed E-state index contributed by atoms with van der Waals surface area (Å²) in [7, 11) is 3.12. The van der Waals surface area contributed by atoms with Crippen LogP contribution in [0.4, 0.5) is 4.79 Å². The minimum atomic E-state index is -0.435. The summed E-state index contributed by atoms with van der Waals surface area (Å²) in [5.74, 6) is 1.40. The first-order valence-corrected chi connectivity index (χ1v) is 9.73. The highest BCUT2D eigenvalue weighted by Crippen LogP contribution is 2.58. The van der Waals surface area contributed by atoms with Crippen LogP contribution < -0.4 is 14.8 Å². The van der Waals surface area contributed by atoms with Crippen LogP contribution in [0.15, 0.2) is 18.2 Å². The number of carbonyl (C=O) groups is 3. The molecule has 3 fully saturated rings. The summed E-state index contributed by atoms with van der Waals surface area (Å²) in [6, 6.07) is 4.98. The number of nitrogens with zero attached hydrogens (tertiary/aromatic N) is 1. The third-order valence-corrected chi connectivity index (χ3v) is 6.53. The maximum Gasteiger partial charge on any atom is 0.324 e. The minimum Gasteiger partial charge on any atom is -0.497 e. The molecule has 2 aliphatic carbocycles. The van der Waals surface area contributed by atoms with Crippen molar-refractivity contribution >= 4 is 17.7 Å². The molecule has 1 aromatic carbocycles. The lowest BCUT2D eigenvalue weighted by Gasteiger charge is -2.59. The van der Waals surface area contributed by atoms with E-state index in [-0.39, 0.29) is 23.9 Å². The van der Waals surface area contributed by atoms with Crippen LogP contribution in [-0.2, 0) is 16.1 Å². The van der Waals surface area contributed by atoms with Gasteiger partial charge >= 0.3 is 6.03 Å². The summed E-state index contributed by atoms with van der Waals surface area (Å²) >= 11 is 0. The van der Waals surface area contributed by atoms with Gasteiger partial charge in [0.05, 0.1) is 32.7 Å². The van der Waals surface area contributed by atoms with Gasteiger partial charge in [-0.05, 0) is 43.2 Å². The SMILES string of the molecule is COc1ccc(CN2C(=O)CC3(CC4(CCC(=O)CC4)C3)NC2=O)c(OC)c1. The van der Waals surface area contributed by atoms with Crippen LogP contribution in [0.5, 0.6) is 11.5 Å². The predicted octanol–water partition coefficient (Wildman–Crippen LogP) is 2.81. The van der Waals surface area contributed by atoms with Crippen LogP contribution in [0.3, 0.4) is 0 Å². The highest BCUT2D eigenvalue weighted by molar-refractivity contribution is 5.98. The lowest BCUT2D eigenvalue weighted by Crippen LogP contribution is -2.69. The summed E-state index contributed by atoms with van der Waals surface area (Å²) in [6.45, 7) is 0.160. The summed E-state index contributed by atoms with van der Waals surface area (Å²) < 4.78 is 10.6. The van der Waals surface area contributed by atoms with E-state index in [0.29, 0.717) is 36.5 Å². The minimum absolute atomic E-state index is 0.128. The number of amides is 3. The number of carbonyl (C=O) groups excluding carboxylic acids is 3. The Morgan fingerprint density at radius 2 is 1.79 bits per heavy atom. The lowest BCUT2D eigenvalue weighted by atomic mass is 9.51. The Labute approximate surface area is 164 Å². The zero-order chi connectivity index (χ0) is 19.9. The molecule has 0 unspecified atom stereocenters. The van der Waals surface area contributed by atoms with Crippen molar-refractivity contribution in [2.45, 2.75) is 57.0 Å². The molecule has 7 heteroatoms. The number of hydrogen-bond donors (Lipinski definition) is 1. The third kappa shape index (κ3) is 3.23. The number of nitrogens with one attached hydrogen (secondary N) is 1. The molecule has 3 amide bonds. The second kappa shape index (κ2) is 6.79. The van der Waals surface area contributed by atoms with Gasteiger partial charge in [-0.1, -0.05) is 0 Å². The molecule has 1 aliphatic heterocycles. The van der Waals surface area contributed by atoms with Gasteiger partial charge < -0.3 is 14.8 Å². The van der Waals surface area contributed by atoms with Crippen molar-refractivity contribution in [1.29, 1.82) is 0 Å². The fraction of sp³-hybridized carbons (Fsp3) is 0.571. The van der Waals surface area contributed by atoms with Crippen LogP contribution >= 0.6 is 0 Å². The van der Waals surface area contributed by atoms with E-state index in [2.05, 4.69) is 5.32 Å². The molecular weight excluding hydrogens is 360 g/mol. The maximum absolute atomic E-state index is 12.8. The van der Waals surface area contributed by atoms with Gasteiger partial charge in [0.25, 0.3) is 0 Å². The van der Waals surface area contributed by atoms with E-state index in [1.165, 1.54) is 4.90 Å². The molecule has 7 nitrogen and oxygen atoms in total. The van der Waals surface area contributed by atoms with Crippen molar-refractivity contribution in [1.82, 2.24) is 10.2 Å². The molecule has 0 atom stereocenters. The van der Waals surface area contributed by atoms with Crippen molar-refractivity contribution in [3.8, 4) is 11.5 Å². The monoisotopic (exact) mass is 386 g/mol. The Morgan fingerprint density at radius 3 is 2.39 bits per heavy atom. The average molecular weight is 386 g/mol. The Hall–Kier alpha value is -2.57. The van der Waals surface area contributed by atoms with Gasteiger partial charge in [0.15, 0.2) is 0 Å². The van der Waals surface area contributed by atoms with E-state index in [0.717, 1.165) is 31.2 Å². The number of ketones is 1. The maximum atomic E-state index is 12.8. The highest BCUT2D eigenvalue weighted by atomic mass is 16.5. The predicted molar refractivity (Wildman–Crippen MR) is 101 cm³/mol. The van der Waals surface area contributed by atoms with Crippen LogP contribution in [0.1, 0.15) is 50.5 Å². The summed E-state index contributed by atoms with van der Waals surface area (Å²) in [4.78, 5) is 38.3. The van der Waals surface area contributed by atoms with Gasteiger partial charge in [0.2, 0.25) is 5.91 Å². The largest absolute Gasteiger partial charge is 0.497 e. The molecule has 3 aliphatic rings. The Bertz CT molecular complexity index is 796. The van der Waals surface area contributed by atoms with E-state index in [1.54, 1.807) is 32.4 Å². The van der Waals surface area contributed by atoms with Crippen LogP contribution in [-0.4, -0.2) is 42.4 Å². The molecule has 0 radical (unpaired) electrons. The zero-order valence-electron chi connectivity index (χ0n) is 16.4. The molecule has 28 heavy (non-hydrogen) atoms. The Morgan fingerprint density at radius 1 is 1.07 bits per heavy atom. The molecule has 0 bridgehead atoms. The van der Waals surface area contributed by atoms with E-state index in [4.69, 9.17) is 9.47 Å². The number of rotatable bonds is 4. The van der Waals surface area contributed by atoms with Crippen LogP contribution in [0.25, 0.3) is 0 Å². The Balaban J connectivity index is 1.44. The van der Waals surface area contributed by atoms with Gasteiger partial charge in [-0.3, -0.25) is 14.5 Å². The first kappa shape index (κ1) is 18.8. The van der Waals surface area contributed by atoms with E-state index in [9.17, 15) is 14.4 Å². The van der Waals surface area contributed by atoms with Gasteiger partial charge in [0.1, 0.15) is 17.3 Å². The number of ether oxygens (including phenoxy) is 2. The summed E-state index contributed by atoms with van der Waals surface area (Å²) in [5, 5.41) is 3.09. The van der Waals surface area contributed by atoms with Gasteiger partial charge in [-0.15, -0.1) is 0 Å². The van der Waals surface area contributed by atoms with Crippen molar-refractivity contribution in [3.63, 3.8) is 0 Å². The summed E-state index contributed by atoms with van der Waals surface area (Å²) in [6.07, 6.45) is 4.92. The molecule has 1 saturated heterocycles. The molecule has 0 aromatic heterocycles. The molecular formula is C21H26N2O5. The molecule has 1 N–H and O–H groups in total. The van der Waals surface area contributed by atoms with Crippen LogP contribution in [0.2, 0.25) is 0 Å². The number of Topliss-reactive ketones (excluding diaryl/α,β-unsaturated/α-hetero) is 1. The number of benzene rings is 1. The molecule has 2 spiro atoms. The van der Waals surface area contributed by atoms with E-state index in [1.807, 2.05) is 0 Å². The van der Waals surface area contributed by atoms with Crippen molar-refractivity contribution in [2.75, 3.05) is 14.2 Å². The number of urea groups is 1. The standard InChI is InChI=1S/C21H26N2O5/c1-27-16-4-3-14(17(9-16)28-2)11-23-18(25)10-21(22-19(23)26)12-20(13-21)7-5-15(24)6-8-20/h3-4,9H,5-8,10-13H2,1-2H3,(H,22,26). The Kier molecular flexibility index (Phi) is 4.56. The topological polar surface area (TPSA) is 84.9 Å². The fourth-order valence-electron chi connectivity index (χ4n) is 5.16. The van der Waals surface area contributed by atoms with Crippen molar-refractivity contribution in [3.05, 3.63) is 23.8 Å². The molecule has 150 valence electrons. The first-order valence-electron chi connectivity index (χ1n) is 9.73. The van der Waals surface area contributed by atoms with Gasteiger partial charge in [-0.25, -0.2) is 4.79 Å². The molecule has 4 rings (SSSR count). The van der Waals surface area contributed by atoms with E-state index < -0.39 is 5.54 Å². The smallest absolute Gasteiger partial charge is 0.324 e. The molecule has 1 heterocycles. The number of methoxy groups -OCH3 is 2. The summed E-state index contributed by atoms with van der Waals surface area (Å²) in [5.41, 5.74) is 0.441. The third-order valence-electron chi connectivity index (χ3n) is 6.53. The highest BCUT2D eigenvalue weighted by Gasteiger charge is 2.59. The molecule has 2 saturated carbocycles. The zero-order valence-corrected chi connectivity index (χ0v) is 16.4. The average Bonchev–Trinajstić information content (AvgIpc) is 2.66. The van der Waals surface area contributed by atoms with Crippen molar-refractivity contribution < 1.29 is 23.9 Å². The van der Waals surface area contributed by atoms with Gasteiger partial charge in [-0.2, -0.15) is 0 Å². The van der Waals surface area contributed by atoms with E-state index >= 15 is 0 Å². The quantitative estimate of drug-likeness (QED) is 0.860. The molecule has 1 aromatic rings. The number of imide groups is 1. The number of hydrogen-bond acceptors (Lipinski definition) is 5. The fourth-order valence-corrected chi connectivity index (χ4v) is 5.16. The second-order valence-corrected chi connectivity index (χ2v) is 8.44. The second-order valence-electron chi connectivity index (χ2n) is 8.44. The van der Waals surface area contributed by atoms with Crippen LogP contribution in [0, 0.1) is 5.41 Å². The normalized spacial score (nSPS) is 22.8. The lowest BCUT2D eigenvalue weighted by molar-refractivity contribution is -0.140. The first-order chi connectivity index (χ1) is 13.4. The van der Waals surface area contributed by atoms with Crippen molar-refractivity contribution in [2.24, 2.45) is 5.41 Å².